The van der Waals surface area contributed by atoms with E-state index in [2.05, 4.69) is 28.5 Å². The highest BCUT2D eigenvalue weighted by Crippen LogP contribution is 2.20. The number of nitrogens with one attached hydrogen (secondary N) is 2. The van der Waals surface area contributed by atoms with Gasteiger partial charge < -0.3 is 10.7 Å². The Labute approximate surface area is 98.7 Å². The van der Waals surface area contributed by atoms with Crippen molar-refractivity contribution in [2.75, 3.05) is 0 Å². The van der Waals surface area contributed by atoms with Crippen LogP contribution in [0.3, 0.4) is 0 Å². The van der Waals surface area contributed by atoms with E-state index in [1.165, 1.54) is 5.56 Å². The second-order valence-corrected chi connectivity index (χ2v) is 3.67. The Hall–Kier alpha value is -2.30. The van der Waals surface area contributed by atoms with Gasteiger partial charge in [0.1, 0.15) is 0 Å². The van der Waals surface area contributed by atoms with Crippen molar-refractivity contribution in [3.8, 4) is 0 Å². The Kier molecular flexibility index (Phi) is 3.09. The first-order valence-electron chi connectivity index (χ1n) is 5.40. The number of carbonyl (C=O) groups excluding carboxylic acids is 1. The standard InChI is InChI=1S/C12H14N4O/c1-2-8-4-3-5-10-9(6-14-11(8)10)7-15-16-12(13)17/h3-7,14H,2H2,1H3,(H3,13,16,17)/b15-7+. The number of rotatable bonds is 3. The fourth-order valence-electron chi connectivity index (χ4n) is 1.81. The van der Waals surface area contributed by atoms with Crippen molar-refractivity contribution in [3.05, 3.63) is 35.5 Å². The zero-order valence-corrected chi connectivity index (χ0v) is 9.53. The summed E-state index contributed by atoms with van der Waals surface area (Å²) in [5.74, 6) is 0. The molecule has 0 aliphatic rings. The Bertz CT molecular complexity index is 571. The van der Waals surface area contributed by atoms with Gasteiger partial charge in [-0.25, -0.2) is 10.2 Å². The van der Waals surface area contributed by atoms with E-state index in [4.69, 9.17) is 5.73 Å². The van der Waals surface area contributed by atoms with Crippen LogP contribution in [0.4, 0.5) is 4.79 Å². The molecule has 1 heterocycles. The van der Waals surface area contributed by atoms with Gasteiger partial charge in [0.25, 0.3) is 0 Å². The topological polar surface area (TPSA) is 83.3 Å². The first-order valence-corrected chi connectivity index (χ1v) is 5.40. The number of H-pyrrole nitrogens is 1. The lowest BCUT2D eigenvalue weighted by molar-refractivity contribution is 0.249. The number of aromatic amines is 1. The first kappa shape index (κ1) is 11.2. The van der Waals surface area contributed by atoms with Gasteiger partial charge in [-0.05, 0) is 12.0 Å². The number of hydrogen-bond donors (Lipinski definition) is 3. The van der Waals surface area contributed by atoms with Crippen molar-refractivity contribution in [2.45, 2.75) is 13.3 Å². The van der Waals surface area contributed by atoms with E-state index in [1.54, 1.807) is 6.21 Å². The maximum Gasteiger partial charge on any atom is 0.332 e. The van der Waals surface area contributed by atoms with Crippen LogP contribution in [0, 0.1) is 0 Å². The predicted molar refractivity (Wildman–Crippen MR) is 68.0 cm³/mol. The minimum Gasteiger partial charge on any atom is -0.360 e. The molecule has 2 rings (SSSR count). The van der Waals surface area contributed by atoms with Gasteiger partial charge in [-0.2, -0.15) is 5.10 Å². The number of para-hydroxylation sites is 1. The van der Waals surface area contributed by atoms with Gasteiger partial charge in [0, 0.05) is 22.7 Å². The van der Waals surface area contributed by atoms with Gasteiger partial charge in [-0.15, -0.1) is 0 Å². The summed E-state index contributed by atoms with van der Waals surface area (Å²) < 4.78 is 0. The van der Waals surface area contributed by atoms with Crippen LogP contribution in [0.25, 0.3) is 10.9 Å². The smallest absolute Gasteiger partial charge is 0.332 e. The highest BCUT2D eigenvalue weighted by Gasteiger charge is 2.04. The molecule has 0 unspecified atom stereocenters. The van der Waals surface area contributed by atoms with E-state index in [0.29, 0.717) is 0 Å². The molecule has 5 heteroatoms. The molecule has 0 aliphatic carbocycles. The molecule has 0 saturated heterocycles. The molecule has 0 bridgehead atoms. The number of nitrogens with two attached hydrogens (primary N) is 1. The predicted octanol–water partition coefficient (Wildman–Crippen LogP) is 1.73. The van der Waals surface area contributed by atoms with Crippen molar-refractivity contribution in [3.63, 3.8) is 0 Å². The lowest BCUT2D eigenvalue weighted by Crippen LogP contribution is -2.24. The van der Waals surface area contributed by atoms with Gasteiger partial charge >= 0.3 is 6.03 Å². The third-order valence-electron chi connectivity index (χ3n) is 2.59. The van der Waals surface area contributed by atoms with Gasteiger partial charge in [-0.1, -0.05) is 25.1 Å². The first-order chi connectivity index (χ1) is 8.22. The molecule has 5 nitrogen and oxygen atoms in total. The number of hydrogen-bond acceptors (Lipinski definition) is 2. The molecule has 0 spiro atoms. The SMILES string of the molecule is CCc1cccc2c(/C=N/NC(N)=O)c[nH]c12. The van der Waals surface area contributed by atoms with E-state index in [9.17, 15) is 4.79 Å². The number of fused-ring (bicyclic) bond motifs is 1. The van der Waals surface area contributed by atoms with Crippen molar-refractivity contribution in [1.82, 2.24) is 10.4 Å². The number of benzene rings is 1. The van der Waals surface area contributed by atoms with E-state index >= 15 is 0 Å². The summed E-state index contributed by atoms with van der Waals surface area (Å²) in [7, 11) is 0. The Morgan fingerprint density at radius 1 is 1.59 bits per heavy atom. The molecule has 1 aromatic carbocycles. The van der Waals surface area contributed by atoms with Crippen LogP contribution in [0.15, 0.2) is 29.5 Å². The van der Waals surface area contributed by atoms with Gasteiger partial charge in [-0.3, -0.25) is 0 Å². The van der Waals surface area contributed by atoms with Crippen molar-refractivity contribution >= 4 is 23.1 Å². The minimum atomic E-state index is -0.671. The molecule has 2 amide bonds. The molecule has 0 radical (unpaired) electrons. The zero-order chi connectivity index (χ0) is 12.3. The lowest BCUT2D eigenvalue weighted by atomic mass is 10.1. The van der Waals surface area contributed by atoms with E-state index in [0.717, 1.165) is 22.9 Å². The van der Waals surface area contributed by atoms with Crippen LogP contribution in [-0.4, -0.2) is 17.2 Å². The minimum absolute atomic E-state index is 0.671. The summed E-state index contributed by atoms with van der Waals surface area (Å²) >= 11 is 0. The number of nitrogens with zero attached hydrogens (tertiary/aromatic N) is 1. The van der Waals surface area contributed by atoms with Gasteiger partial charge in [0.05, 0.1) is 6.21 Å². The van der Waals surface area contributed by atoms with Crippen LogP contribution >= 0.6 is 0 Å². The van der Waals surface area contributed by atoms with E-state index < -0.39 is 6.03 Å². The third-order valence-corrected chi connectivity index (χ3v) is 2.59. The lowest BCUT2D eigenvalue weighted by Gasteiger charge is -1.98. The molecule has 2 aromatic rings. The molecule has 88 valence electrons. The van der Waals surface area contributed by atoms with Crippen LogP contribution in [-0.2, 0) is 6.42 Å². The molecule has 1 aromatic heterocycles. The maximum atomic E-state index is 10.5. The monoisotopic (exact) mass is 230 g/mol. The number of aromatic nitrogens is 1. The van der Waals surface area contributed by atoms with E-state index in [1.807, 2.05) is 18.3 Å². The van der Waals surface area contributed by atoms with E-state index in [-0.39, 0.29) is 0 Å². The summed E-state index contributed by atoms with van der Waals surface area (Å²) in [6.45, 7) is 2.11. The van der Waals surface area contributed by atoms with Gasteiger partial charge in [0.15, 0.2) is 0 Å². The van der Waals surface area contributed by atoms with Gasteiger partial charge in [0.2, 0.25) is 0 Å². The fourth-order valence-corrected chi connectivity index (χ4v) is 1.81. The Morgan fingerprint density at radius 2 is 2.41 bits per heavy atom. The molecule has 0 atom stereocenters. The maximum absolute atomic E-state index is 10.5. The number of amides is 2. The second-order valence-electron chi connectivity index (χ2n) is 3.67. The quantitative estimate of drug-likeness (QED) is 0.544. The number of urea groups is 1. The summed E-state index contributed by atoms with van der Waals surface area (Å²) in [5, 5.41) is 4.83. The zero-order valence-electron chi connectivity index (χ0n) is 9.53. The summed E-state index contributed by atoms with van der Waals surface area (Å²) in [6, 6.07) is 5.43. The average molecular weight is 230 g/mol. The third kappa shape index (κ3) is 2.28. The normalized spacial score (nSPS) is 11.1. The molecule has 0 aliphatic heterocycles. The van der Waals surface area contributed by atoms with Crippen LogP contribution in [0.2, 0.25) is 0 Å². The summed E-state index contributed by atoms with van der Waals surface area (Å²) in [5.41, 5.74) is 10.4. The average Bonchev–Trinajstić information content (AvgIpc) is 2.72. The molecular weight excluding hydrogens is 216 g/mol. The van der Waals surface area contributed by atoms with Crippen LogP contribution in [0.1, 0.15) is 18.1 Å². The van der Waals surface area contributed by atoms with Crippen molar-refractivity contribution in [2.24, 2.45) is 10.8 Å². The summed E-state index contributed by atoms with van der Waals surface area (Å²) in [6.07, 6.45) is 4.40. The molecule has 4 N–H and O–H groups in total. The number of carbonyl (C=O) groups is 1. The number of primary amides is 1. The van der Waals surface area contributed by atoms with Crippen LogP contribution < -0.4 is 11.2 Å². The Morgan fingerprint density at radius 3 is 3.12 bits per heavy atom. The highest BCUT2D eigenvalue weighted by atomic mass is 16.2. The molecular formula is C12H14N4O. The van der Waals surface area contributed by atoms with Crippen molar-refractivity contribution in [1.29, 1.82) is 0 Å². The van der Waals surface area contributed by atoms with Crippen molar-refractivity contribution < 1.29 is 4.79 Å². The molecule has 17 heavy (non-hydrogen) atoms. The largest absolute Gasteiger partial charge is 0.360 e. The summed E-state index contributed by atoms with van der Waals surface area (Å²) in [4.78, 5) is 13.7. The number of aryl methyl sites for hydroxylation is 1. The number of hydrazone groups is 1. The fraction of sp³-hybridized carbons (Fsp3) is 0.167. The Balaban J connectivity index is 2.36. The second kappa shape index (κ2) is 4.69. The molecule has 0 saturated carbocycles. The van der Waals surface area contributed by atoms with Crippen LogP contribution in [0.5, 0.6) is 0 Å². The highest BCUT2D eigenvalue weighted by molar-refractivity contribution is 6.00. The molecule has 0 fully saturated rings.